The van der Waals surface area contributed by atoms with Crippen LogP contribution in [0, 0.1) is 6.92 Å². The number of para-hydroxylation sites is 1. The van der Waals surface area contributed by atoms with E-state index in [-0.39, 0.29) is 7.43 Å². The summed E-state index contributed by atoms with van der Waals surface area (Å²) >= 11 is 0. The van der Waals surface area contributed by atoms with Crippen LogP contribution in [0.2, 0.25) is 0 Å². The Kier molecular flexibility index (Phi) is 12.6. The predicted octanol–water partition coefficient (Wildman–Crippen LogP) is 19.7. The van der Waals surface area contributed by atoms with E-state index in [4.69, 9.17) is 19.4 Å². The fourth-order valence-electron chi connectivity index (χ4n) is 11.2. The smallest absolute Gasteiger partial charge is 0.238 e. The molecular formula is C71H54N5OP. The fraction of sp³-hybridized carbons (Fsp3) is 0.0563. The third-order valence-corrected chi connectivity index (χ3v) is 17.4. The molecular weight excluding hydrogens is 970 g/mol. The van der Waals surface area contributed by atoms with E-state index in [9.17, 15) is 0 Å². The summed E-state index contributed by atoms with van der Waals surface area (Å²) in [6, 6.07) is 92.8. The molecule has 6 nitrogen and oxygen atoms in total. The van der Waals surface area contributed by atoms with E-state index in [0.29, 0.717) is 17.6 Å². The van der Waals surface area contributed by atoms with Crippen molar-refractivity contribution in [2.45, 2.75) is 27.2 Å². The second kappa shape index (κ2) is 20.5. The Hall–Kier alpha value is -9.61. The number of nitrogens with zero attached hydrogens (tertiary/aromatic N) is 5. The van der Waals surface area contributed by atoms with Crippen LogP contribution >= 0.6 is 7.53 Å². The minimum Gasteiger partial charge on any atom is -0.440 e. The standard InChI is InChI=1S/C70H50N5OP.CH4/c1-47-21-14-16-33-56(47)57-34-17-15-23-49(57)38-37-48-22-20-30-54(43-48)74(53-28-10-4-11-29-53)67-42-41-64(76-67)52-39-40-62-59(44-52)60-45-61-58-35-18-19-36-65(58)77(55-31-12-5-13-32-55)66(61)46-63(60)75(62)70-72-68(50-24-6-2-7-25-50)71-69(73-70)51-26-8-3-9-27-51;/h2-36,39-46H,37-38H2,1H3;1H4. The normalized spacial score (nSPS) is 11.6. The molecule has 0 saturated heterocycles. The van der Waals surface area contributed by atoms with Crippen LogP contribution in [0.25, 0.3) is 99.3 Å². The summed E-state index contributed by atoms with van der Waals surface area (Å²) in [5.74, 6) is 3.28. The summed E-state index contributed by atoms with van der Waals surface area (Å²) in [6.45, 7) is 2.19. The molecule has 0 radical (unpaired) electrons. The molecule has 374 valence electrons. The highest BCUT2D eigenvalue weighted by atomic mass is 31.1. The number of benzene rings is 10. The molecule has 7 heteroatoms. The molecule has 10 aromatic carbocycles. The van der Waals surface area contributed by atoms with Crippen LogP contribution in [0.1, 0.15) is 24.1 Å². The Labute approximate surface area is 455 Å². The van der Waals surface area contributed by atoms with Gasteiger partial charge in [0, 0.05) is 55.1 Å². The van der Waals surface area contributed by atoms with Crippen LogP contribution in [-0.4, -0.2) is 19.5 Å². The summed E-state index contributed by atoms with van der Waals surface area (Å²) in [6.07, 6.45) is 1.81. The number of fused-ring (bicyclic) bond motifs is 6. The second-order valence-corrected chi connectivity index (χ2v) is 21.8. The Morgan fingerprint density at radius 3 is 1.81 bits per heavy atom. The van der Waals surface area contributed by atoms with Gasteiger partial charge in [0.25, 0.3) is 0 Å². The lowest BCUT2D eigenvalue weighted by atomic mass is 9.93. The van der Waals surface area contributed by atoms with Crippen LogP contribution < -0.4 is 4.90 Å². The van der Waals surface area contributed by atoms with Crippen LogP contribution in [0.3, 0.4) is 0 Å². The van der Waals surface area contributed by atoms with E-state index in [1.807, 2.05) is 36.4 Å². The van der Waals surface area contributed by atoms with Crippen molar-refractivity contribution in [2.24, 2.45) is 0 Å². The van der Waals surface area contributed by atoms with Crippen molar-refractivity contribution in [1.82, 2.24) is 19.5 Å². The van der Waals surface area contributed by atoms with Gasteiger partial charge in [-0.15, -0.1) is 0 Å². The minimum absolute atomic E-state index is 0. The molecule has 0 spiro atoms. The largest absolute Gasteiger partial charge is 0.440 e. The van der Waals surface area contributed by atoms with Gasteiger partial charge in [-0.05, 0) is 124 Å². The molecule has 0 aliphatic carbocycles. The van der Waals surface area contributed by atoms with Gasteiger partial charge in [-0.2, -0.15) is 9.97 Å². The SMILES string of the molecule is C.Cc1ccccc1-c1ccccc1CCc1cccc(N(c2ccccc2)c2ccc(-c3ccc4c(c3)c3cc5c6ccccc6p(-c6ccccc6)c5cc3n4-c3nc(-c4ccccc4)nc(-c4ccccc4)n3)o2)c1. The summed E-state index contributed by atoms with van der Waals surface area (Å²) in [7, 11) is -0.838. The van der Waals surface area contributed by atoms with Gasteiger partial charge in [0.05, 0.1) is 11.0 Å². The first-order chi connectivity index (χ1) is 38.1. The lowest BCUT2D eigenvalue weighted by Gasteiger charge is -2.23. The molecule has 1 atom stereocenters. The number of hydrogen-bond acceptors (Lipinski definition) is 5. The van der Waals surface area contributed by atoms with E-state index in [1.165, 1.54) is 54.1 Å². The van der Waals surface area contributed by atoms with Gasteiger partial charge in [0.1, 0.15) is 5.76 Å². The highest BCUT2D eigenvalue weighted by Crippen LogP contribution is 2.56. The first-order valence-electron chi connectivity index (χ1n) is 26.2. The van der Waals surface area contributed by atoms with Gasteiger partial charge in [-0.3, -0.25) is 9.47 Å². The molecule has 0 saturated carbocycles. The lowest BCUT2D eigenvalue weighted by Crippen LogP contribution is -2.09. The molecule has 14 rings (SSSR count). The molecule has 78 heavy (non-hydrogen) atoms. The van der Waals surface area contributed by atoms with Crippen molar-refractivity contribution in [1.29, 1.82) is 0 Å². The Bertz CT molecular complexity index is 4410. The summed E-state index contributed by atoms with van der Waals surface area (Å²) in [4.78, 5) is 17.9. The molecule has 0 aliphatic rings. The molecule has 0 N–H and O–H groups in total. The molecule has 1 unspecified atom stereocenters. The van der Waals surface area contributed by atoms with Crippen molar-refractivity contribution >= 4 is 67.6 Å². The topological polar surface area (TPSA) is 60.0 Å². The van der Waals surface area contributed by atoms with Gasteiger partial charge in [-0.1, -0.05) is 209 Å². The van der Waals surface area contributed by atoms with E-state index < -0.39 is 7.53 Å². The van der Waals surface area contributed by atoms with E-state index in [0.717, 1.165) is 74.4 Å². The van der Waals surface area contributed by atoms with Crippen molar-refractivity contribution in [3.8, 4) is 56.5 Å². The number of hydrogen-bond donors (Lipinski definition) is 0. The number of aromatic nitrogens is 4. The fourth-order valence-corrected chi connectivity index (χ4v) is 13.8. The van der Waals surface area contributed by atoms with Crippen LogP contribution in [0.15, 0.2) is 265 Å². The maximum absolute atomic E-state index is 7.04. The molecule has 0 aliphatic heterocycles. The highest BCUT2D eigenvalue weighted by molar-refractivity contribution is 7.68. The van der Waals surface area contributed by atoms with Crippen LogP contribution in [-0.2, 0) is 12.8 Å². The van der Waals surface area contributed by atoms with E-state index in [2.05, 4.69) is 241 Å². The number of aryl methyl sites for hydroxylation is 3. The predicted molar refractivity (Wildman–Crippen MR) is 327 cm³/mol. The second-order valence-electron chi connectivity index (χ2n) is 19.6. The molecule has 14 aromatic rings. The Balaban J connectivity index is 0.00000579. The van der Waals surface area contributed by atoms with Crippen LogP contribution in [0.5, 0.6) is 0 Å². The van der Waals surface area contributed by atoms with Gasteiger partial charge in [-0.25, -0.2) is 4.98 Å². The molecule has 0 amide bonds. The molecule has 0 fully saturated rings. The van der Waals surface area contributed by atoms with Crippen LogP contribution in [0.4, 0.5) is 17.3 Å². The quantitative estimate of drug-likeness (QED) is 0.122. The van der Waals surface area contributed by atoms with Gasteiger partial charge < -0.3 is 4.42 Å². The molecule has 4 aromatic heterocycles. The highest BCUT2D eigenvalue weighted by Gasteiger charge is 2.24. The molecule has 0 bridgehead atoms. The first-order valence-corrected chi connectivity index (χ1v) is 27.6. The number of rotatable bonds is 12. The Morgan fingerprint density at radius 2 is 1.06 bits per heavy atom. The van der Waals surface area contributed by atoms with Crippen molar-refractivity contribution < 1.29 is 4.42 Å². The number of anilines is 3. The van der Waals surface area contributed by atoms with Crippen molar-refractivity contribution in [3.63, 3.8) is 0 Å². The zero-order chi connectivity index (χ0) is 51.2. The third kappa shape index (κ3) is 8.72. The molecule has 4 heterocycles. The van der Waals surface area contributed by atoms with E-state index in [1.54, 1.807) is 0 Å². The summed E-state index contributed by atoms with van der Waals surface area (Å²) in [5.41, 5.74) is 13.4. The minimum atomic E-state index is -0.838. The maximum Gasteiger partial charge on any atom is 0.238 e. The first kappa shape index (κ1) is 48.1. The summed E-state index contributed by atoms with van der Waals surface area (Å²) < 4.78 is 9.29. The number of furan rings is 1. The summed E-state index contributed by atoms with van der Waals surface area (Å²) in [5, 5.41) is 8.73. The average Bonchev–Trinajstić information content (AvgIpc) is 4.30. The van der Waals surface area contributed by atoms with Gasteiger partial charge in [0.2, 0.25) is 11.8 Å². The average molecular weight is 1020 g/mol. The lowest BCUT2D eigenvalue weighted by molar-refractivity contribution is 0.588. The van der Waals surface area contributed by atoms with Crippen molar-refractivity contribution in [2.75, 3.05) is 4.90 Å². The van der Waals surface area contributed by atoms with Gasteiger partial charge in [0.15, 0.2) is 11.6 Å². The third-order valence-electron chi connectivity index (χ3n) is 14.9. The van der Waals surface area contributed by atoms with Crippen molar-refractivity contribution in [3.05, 3.63) is 278 Å². The van der Waals surface area contributed by atoms with E-state index >= 15 is 0 Å². The zero-order valence-electron chi connectivity index (χ0n) is 42.3. The maximum atomic E-state index is 7.04. The zero-order valence-corrected chi connectivity index (χ0v) is 43.2. The monoisotopic (exact) mass is 1020 g/mol. The Morgan fingerprint density at radius 1 is 0.436 bits per heavy atom. The van der Waals surface area contributed by atoms with Gasteiger partial charge >= 0.3 is 0 Å².